The fourth-order valence-electron chi connectivity index (χ4n) is 1.39. The molecule has 1 heterocycles. The molecule has 72 valence electrons. The molecule has 0 aromatic rings. The summed E-state index contributed by atoms with van der Waals surface area (Å²) in [7, 11) is 0. The Morgan fingerprint density at radius 2 is 2.08 bits per heavy atom. The van der Waals surface area contributed by atoms with E-state index in [1.807, 2.05) is 0 Å². The van der Waals surface area contributed by atoms with Gasteiger partial charge < -0.3 is 16.2 Å². The van der Waals surface area contributed by atoms with Gasteiger partial charge in [-0.05, 0) is 25.8 Å². The fraction of sp³-hybridized carbons (Fsp3) is 1.00. The molecule has 2 atom stereocenters. The zero-order valence-corrected chi connectivity index (χ0v) is 7.67. The Morgan fingerprint density at radius 3 is 2.67 bits per heavy atom. The lowest BCUT2D eigenvalue weighted by atomic mass is 10.0. The van der Waals surface area contributed by atoms with Crippen molar-refractivity contribution in [2.45, 2.75) is 44.2 Å². The molecule has 3 nitrogen and oxygen atoms in total. The van der Waals surface area contributed by atoms with Crippen molar-refractivity contribution in [3.63, 3.8) is 0 Å². The molecule has 0 amide bonds. The second-order valence-corrected chi connectivity index (χ2v) is 3.59. The number of hydrogen-bond donors (Lipinski definition) is 2. The largest absolute Gasteiger partial charge is 0.373 e. The molecule has 1 aliphatic heterocycles. The van der Waals surface area contributed by atoms with Crippen LogP contribution < -0.4 is 11.5 Å². The van der Waals surface area contributed by atoms with Gasteiger partial charge in [0, 0.05) is 6.04 Å². The minimum Gasteiger partial charge on any atom is -0.373 e. The summed E-state index contributed by atoms with van der Waals surface area (Å²) in [5.74, 6) is 0. The van der Waals surface area contributed by atoms with Gasteiger partial charge in [-0.1, -0.05) is 12.8 Å². The zero-order valence-electron chi connectivity index (χ0n) is 7.67. The predicted octanol–water partition coefficient (Wildman–Crippen LogP) is 0.622. The van der Waals surface area contributed by atoms with Crippen molar-refractivity contribution in [3.05, 3.63) is 0 Å². The molecular weight excluding hydrogens is 152 g/mol. The van der Waals surface area contributed by atoms with E-state index in [1.165, 1.54) is 12.8 Å². The van der Waals surface area contributed by atoms with E-state index in [0.29, 0.717) is 12.1 Å². The van der Waals surface area contributed by atoms with E-state index >= 15 is 0 Å². The SMILES string of the molecule is NCCCCCC(N)CC1CO1. The van der Waals surface area contributed by atoms with Crippen LogP contribution in [0.15, 0.2) is 0 Å². The minimum atomic E-state index is 0.343. The molecule has 0 saturated carbocycles. The van der Waals surface area contributed by atoms with Crippen LogP contribution >= 0.6 is 0 Å². The molecule has 2 unspecified atom stereocenters. The summed E-state index contributed by atoms with van der Waals surface area (Å²) < 4.78 is 5.11. The molecule has 12 heavy (non-hydrogen) atoms. The average molecular weight is 172 g/mol. The first-order valence-electron chi connectivity index (χ1n) is 4.90. The molecule has 4 N–H and O–H groups in total. The van der Waals surface area contributed by atoms with Crippen molar-refractivity contribution in [1.29, 1.82) is 0 Å². The summed E-state index contributed by atoms with van der Waals surface area (Å²) >= 11 is 0. The number of rotatable bonds is 7. The zero-order chi connectivity index (χ0) is 8.81. The van der Waals surface area contributed by atoms with Crippen molar-refractivity contribution in [3.8, 4) is 0 Å². The lowest BCUT2D eigenvalue weighted by Gasteiger charge is -2.08. The van der Waals surface area contributed by atoms with Crippen molar-refractivity contribution in [2.24, 2.45) is 11.5 Å². The molecule has 0 aliphatic carbocycles. The highest BCUT2D eigenvalue weighted by atomic mass is 16.6. The molecule has 3 heteroatoms. The highest BCUT2D eigenvalue weighted by Gasteiger charge is 2.24. The molecule has 0 radical (unpaired) electrons. The van der Waals surface area contributed by atoms with Gasteiger partial charge in [0.1, 0.15) is 0 Å². The van der Waals surface area contributed by atoms with E-state index in [2.05, 4.69) is 0 Å². The second kappa shape index (κ2) is 5.51. The van der Waals surface area contributed by atoms with Gasteiger partial charge in [0.25, 0.3) is 0 Å². The number of unbranched alkanes of at least 4 members (excludes halogenated alkanes) is 2. The van der Waals surface area contributed by atoms with E-state index in [9.17, 15) is 0 Å². The smallest absolute Gasteiger partial charge is 0.0824 e. The summed E-state index contributed by atoms with van der Waals surface area (Å²) in [5, 5.41) is 0. The predicted molar refractivity (Wildman–Crippen MR) is 49.9 cm³/mol. The van der Waals surface area contributed by atoms with Crippen LogP contribution in [0.3, 0.4) is 0 Å². The maximum absolute atomic E-state index is 5.89. The van der Waals surface area contributed by atoms with E-state index < -0.39 is 0 Å². The first kappa shape index (κ1) is 9.96. The summed E-state index contributed by atoms with van der Waals surface area (Å²) in [6.07, 6.45) is 6.21. The Kier molecular flexibility index (Phi) is 4.58. The molecule has 1 aliphatic rings. The van der Waals surface area contributed by atoms with Crippen LogP contribution in [0.1, 0.15) is 32.1 Å². The van der Waals surface area contributed by atoms with Crippen molar-refractivity contribution < 1.29 is 4.74 Å². The van der Waals surface area contributed by atoms with Crippen molar-refractivity contribution >= 4 is 0 Å². The van der Waals surface area contributed by atoms with Gasteiger partial charge >= 0.3 is 0 Å². The van der Waals surface area contributed by atoms with Crippen LogP contribution in [0.4, 0.5) is 0 Å². The maximum atomic E-state index is 5.89. The molecule has 0 spiro atoms. The Morgan fingerprint density at radius 1 is 1.33 bits per heavy atom. The Hall–Kier alpha value is -0.120. The minimum absolute atomic E-state index is 0.343. The van der Waals surface area contributed by atoms with Crippen LogP contribution in [-0.2, 0) is 4.74 Å². The van der Waals surface area contributed by atoms with Gasteiger partial charge in [-0.2, -0.15) is 0 Å². The third-order valence-corrected chi connectivity index (χ3v) is 2.25. The van der Waals surface area contributed by atoms with E-state index in [1.54, 1.807) is 0 Å². The molecular formula is C9H20N2O. The quantitative estimate of drug-likeness (QED) is 0.437. The van der Waals surface area contributed by atoms with Crippen LogP contribution in [0, 0.1) is 0 Å². The lowest BCUT2D eigenvalue weighted by molar-refractivity contribution is 0.372. The summed E-state index contributed by atoms with van der Waals surface area (Å²) in [6.45, 7) is 1.73. The summed E-state index contributed by atoms with van der Waals surface area (Å²) in [6, 6.07) is 0.343. The summed E-state index contributed by atoms with van der Waals surface area (Å²) in [5.41, 5.74) is 11.3. The van der Waals surface area contributed by atoms with Crippen molar-refractivity contribution in [2.75, 3.05) is 13.2 Å². The molecule has 0 aromatic carbocycles. The fourth-order valence-corrected chi connectivity index (χ4v) is 1.39. The van der Waals surface area contributed by atoms with E-state index in [0.717, 1.165) is 32.4 Å². The number of nitrogens with two attached hydrogens (primary N) is 2. The standard InChI is InChI=1S/C9H20N2O/c10-5-3-1-2-4-8(11)6-9-7-12-9/h8-9H,1-7,10-11H2. The van der Waals surface area contributed by atoms with Gasteiger partial charge in [0.2, 0.25) is 0 Å². The number of hydrogen-bond acceptors (Lipinski definition) is 3. The molecule has 1 rings (SSSR count). The Bertz CT molecular complexity index is 115. The van der Waals surface area contributed by atoms with Gasteiger partial charge in [0.05, 0.1) is 12.7 Å². The third-order valence-electron chi connectivity index (χ3n) is 2.25. The lowest BCUT2D eigenvalue weighted by Crippen LogP contribution is -2.21. The maximum Gasteiger partial charge on any atom is 0.0824 e. The van der Waals surface area contributed by atoms with Crippen LogP contribution in [0.2, 0.25) is 0 Å². The van der Waals surface area contributed by atoms with Gasteiger partial charge in [0.15, 0.2) is 0 Å². The van der Waals surface area contributed by atoms with Crippen molar-refractivity contribution in [1.82, 2.24) is 0 Å². The number of ether oxygens (including phenoxy) is 1. The second-order valence-electron chi connectivity index (χ2n) is 3.59. The van der Waals surface area contributed by atoms with Crippen LogP contribution in [0.5, 0.6) is 0 Å². The average Bonchev–Trinajstić information content (AvgIpc) is 2.82. The van der Waals surface area contributed by atoms with Gasteiger partial charge in [-0.3, -0.25) is 0 Å². The number of epoxide rings is 1. The highest BCUT2D eigenvalue weighted by molar-refractivity contribution is 4.75. The van der Waals surface area contributed by atoms with Gasteiger partial charge in [-0.25, -0.2) is 0 Å². The van der Waals surface area contributed by atoms with E-state index in [4.69, 9.17) is 16.2 Å². The third kappa shape index (κ3) is 4.70. The first-order chi connectivity index (χ1) is 5.83. The monoisotopic (exact) mass is 172 g/mol. The molecule has 1 saturated heterocycles. The van der Waals surface area contributed by atoms with Crippen LogP contribution in [-0.4, -0.2) is 25.3 Å². The molecule has 1 fully saturated rings. The highest BCUT2D eigenvalue weighted by Crippen LogP contribution is 2.17. The Balaban J connectivity index is 1.83. The van der Waals surface area contributed by atoms with Crippen LogP contribution in [0.25, 0.3) is 0 Å². The normalized spacial score (nSPS) is 24.0. The molecule has 0 aromatic heterocycles. The topological polar surface area (TPSA) is 64.6 Å². The first-order valence-corrected chi connectivity index (χ1v) is 4.90. The Labute approximate surface area is 74.4 Å². The molecule has 0 bridgehead atoms. The summed E-state index contributed by atoms with van der Waals surface area (Å²) in [4.78, 5) is 0. The van der Waals surface area contributed by atoms with Gasteiger partial charge in [-0.15, -0.1) is 0 Å². The van der Waals surface area contributed by atoms with E-state index in [-0.39, 0.29) is 0 Å².